The number of carbonyl (C=O) groups excluding carboxylic acids is 1. The SMILES string of the molecule is COc1ccc(NC(=O)/C(C#N)=C/c2cccc(OC)c2OCc2ccc(Cl)c(Cl)c2)c([N+](=O)[O-])c1. The number of amides is 1. The number of nitro benzene ring substituents is 1. The predicted molar refractivity (Wildman–Crippen MR) is 136 cm³/mol. The number of benzene rings is 3. The molecule has 0 aromatic heterocycles. The number of hydrogen-bond donors (Lipinski definition) is 1. The Kier molecular flexibility index (Phi) is 8.73. The summed E-state index contributed by atoms with van der Waals surface area (Å²) in [5.74, 6) is 0.0502. The van der Waals surface area contributed by atoms with Crippen molar-refractivity contribution in [2.75, 3.05) is 19.5 Å². The Morgan fingerprint density at radius 1 is 1.11 bits per heavy atom. The molecule has 184 valence electrons. The molecule has 0 heterocycles. The van der Waals surface area contributed by atoms with E-state index in [2.05, 4.69) is 5.32 Å². The number of hydrogen-bond acceptors (Lipinski definition) is 7. The maximum atomic E-state index is 12.8. The molecule has 0 aliphatic carbocycles. The lowest BCUT2D eigenvalue weighted by Crippen LogP contribution is -2.14. The third-order valence-electron chi connectivity index (χ3n) is 4.91. The molecule has 11 heteroatoms. The first-order chi connectivity index (χ1) is 17.3. The smallest absolute Gasteiger partial charge is 0.296 e. The lowest BCUT2D eigenvalue weighted by Gasteiger charge is -2.14. The molecule has 0 radical (unpaired) electrons. The minimum atomic E-state index is -0.844. The first kappa shape index (κ1) is 26.3. The molecular weight excluding hydrogens is 509 g/mol. The highest BCUT2D eigenvalue weighted by molar-refractivity contribution is 6.42. The topological polar surface area (TPSA) is 124 Å². The van der Waals surface area contributed by atoms with E-state index in [0.717, 1.165) is 5.56 Å². The van der Waals surface area contributed by atoms with Crippen molar-refractivity contribution in [3.05, 3.63) is 91.5 Å². The van der Waals surface area contributed by atoms with Gasteiger partial charge in [0.25, 0.3) is 11.6 Å². The molecule has 9 nitrogen and oxygen atoms in total. The average molecular weight is 528 g/mol. The Bertz CT molecular complexity index is 1380. The maximum Gasteiger partial charge on any atom is 0.296 e. The average Bonchev–Trinajstić information content (AvgIpc) is 2.88. The van der Waals surface area contributed by atoms with Crippen molar-refractivity contribution >= 4 is 46.6 Å². The minimum absolute atomic E-state index is 0.0892. The summed E-state index contributed by atoms with van der Waals surface area (Å²) < 4.78 is 16.3. The molecule has 0 aliphatic heterocycles. The number of anilines is 1. The summed E-state index contributed by atoms with van der Waals surface area (Å²) in [5.41, 5.74) is 0.328. The Morgan fingerprint density at radius 3 is 2.53 bits per heavy atom. The van der Waals surface area contributed by atoms with E-state index in [-0.39, 0.29) is 35.1 Å². The van der Waals surface area contributed by atoms with Crippen LogP contribution in [0.2, 0.25) is 10.0 Å². The molecule has 1 amide bonds. The van der Waals surface area contributed by atoms with E-state index in [1.807, 2.05) is 6.07 Å². The molecule has 0 bridgehead atoms. The molecule has 1 N–H and O–H groups in total. The zero-order valence-electron chi connectivity index (χ0n) is 19.1. The van der Waals surface area contributed by atoms with E-state index < -0.39 is 10.8 Å². The van der Waals surface area contributed by atoms with Gasteiger partial charge in [-0.3, -0.25) is 14.9 Å². The van der Waals surface area contributed by atoms with Crippen LogP contribution in [-0.4, -0.2) is 25.1 Å². The molecule has 0 saturated heterocycles. The number of halogens is 2. The number of carbonyl (C=O) groups is 1. The molecule has 0 atom stereocenters. The number of para-hydroxylation sites is 1. The van der Waals surface area contributed by atoms with Crippen LogP contribution in [0.5, 0.6) is 17.2 Å². The maximum absolute atomic E-state index is 12.8. The molecular formula is C25H19Cl2N3O6. The van der Waals surface area contributed by atoms with Gasteiger partial charge in [-0.15, -0.1) is 0 Å². The van der Waals surface area contributed by atoms with Gasteiger partial charge < -0.3 is 19.5 Å². The summed E-state index contributed by atoms with van der Waals surface area (Å²) in [6.07, 6.45) is 1.30. The molecule has 0 spiro atoms. The van der Waals surface area contributed by atoms with Crippen LogP contribution in [-0.2, 0) is 11.4 Å². The summed E-state index contributed by atoms with van der Waals surface area (Å²) in [6.45, 7) is 0.101. The zero-order valence-corrected chi connectivity index (χ0v) is 20.6. The van der Waals surface area contributed by atoms with Crippen LogP contribution < -0.4 is 19.5 Å². The van der Waals surface area contributed by atoms with Gasteiger partial charge in [0.2, 0.25) is 0 Å². The van der Waals surface area contributed by atoms with Gasteiger partial charge in [-0.25, -0.2) is 0 Å². The summed E-state index contributed by atoms with van der Waals surface area (Å²) in [4.78, 5) is 23.6. The predicted octanol–water partition coefficient (Wildman–Crippen LogP) is 6.04. The van der Waals surface area contributed by atoms with Crippen molar-refractivity contribution in [3.8, 4) is 23.3 Å². The van der Waals surface area contributed by atoms with Gasteiger partial charge in [0.05, 0.1) is 35.3 Å². The second kappa shape index (κ2) is 11.9. The highest BCUT2D eigenvalue weighted by Crippen LogP contribution is 2.34. The Hall–Kier alpha value is -4.26. The van der Waals surface area contributed by atoms with Gasteiger partial charge in [-0.05, 0) is 42.0 Å². The molecule has 36 heavy (non-hydrogen) atoms. The first-order valence-corrected chi connectivity index (χ1v) is 11.0. The highest BCUT2D eigenvalue weighted by atomic mass is 35.5. The highest BCUT2D eigenvalue weighted by Gasteiger charge is 2.20. The van der Waals surface area contributed by atoms with Crippen molar-refractivity contribution < 1.29 is 23.9 Å². The van der Waals surface area contributed by atoms with Crippen molar-refractivity contribution in [1.29, 1.82) is 5.26 Å². The van der Waals surface area contributed by atoms with Gasteiger partial charge in [-0.1, -0.05) is 41.4 Å². The molecule has 3 aromatic rings. The summed E-state index contributed by atoms with van der Waals surface area (Å²) in [6, 6.07) is 15.8. The van der Waals surface area contributed by atoms with Gasteiger partial charge >= 0.3 is 0 Å². The summed E-state index contributed by atoms with van der Waals surface area (Å²) >= 11 is 12.0. The van der Waals surface area contributed by atoms with Crippen LogP contribution >= 0.6 is 23.2 Å². The lowest BCUT2D eigenvalue weighted by atomic mass is 10.1. The van der Waals surface area contributed by atoms with Gasteiger partial charge in [0.1, 0.15) is 29.7 Å². The third-order valence-corrected chi connectivity index (χ3v) is 5.65. The van der Waals surface area contributed by atoms with E-state index in [1.54, 1.807) is 36.4 Å². The van der Waals surface area contributed by atoms with E-state index in [1.165, 1.54) is 38.5 Å². The van der Waals surface area contributed by atoms with Gasteiger partial charge in [-0.2, -0.15) is 5.26 Å². The molecule has 0 aliphatic rings. The zero-order chi connectivity index (χ0) is 26.2. The number of rotatable bonds is 9. The van der Waals surface area contributed by atoms with Gasteiger partial charge in [0.15, 0.2) is 11.5 Å². The van der Waals surface area contributed by atoms with Gasteiger partial charge in [0, 0.05) is 5.56 Å². The fourth-order valence-corrected chi connectivity index (χ4v) is 3.46. The fraction of sp³-hybridized carbons (Fsp3) is 0.120. The Morgan fingerprint density at radius 2 is 1.89 bits per heavy atom. The number of nitro groups is 1. The standard InChI is InChI=1S/C25H19Cl2N3O6/c1-34-18-7-9-21(22(12-18)30(32)33)29-25(31)17(13-28)11-16-4-3-5-23(35-2)24(16)36-14-15-6-8-19(26)20(27)10-15/h3-12H,14H2,1-2H3,(H,29,31)/b17-11+. The van der Waals surface area contributed by atoms with Crippen molar-refractivity contribution in [3.63, 3.8) is 0 Å². The van der Waals surface area contributed by atoms with E-state index in [0.29, 0.717) is 21.4 Å². The second-order valence-corrected chi connectivity index (χ2v) is 7.99. The van der Waals surface area contributed by atoms with Crippen LogP contribution in [0, 0.1) is 21.4 Å². The molecule has 0 fully saturated rings. The number of ether oxygens (including phenoxy) is 3. The van der Waals surface area contributed by atoms with Crippen LogP contribution in [0.15, 0.2) is 60.2 Å². The lowest BCUT2D eigenvalue weighted by molar-refractivity contribution is -0.384. The Labute approximate surface area is 216 Å². The summed E-state index contributed by atoms with van der Waals surface area (Å²) in [7, 11) is 2.82. The van der Waals surface area contributed by atoms with Crippen LogP contribution in [0.25, 0.3) is 6.08 Å². The Balaban J connectivity index is 1.91. The quantitative estimate of drug-likeness (QED) is 0.155. The monoisotopic (exact) mass is 527 g/mol. The fourth-order valence-electron chi connectivity index (χ4n) is 3.14. The van der Waals surface area contributed by atoms with Crippen LogP contribution in [0.3, 0.4) is 0 Å². The number of nitrogens with one attached hydrogen (secondary N) is 1. The van der Waals surface area contributed by atoms with Crippen LogP contribution in [0.4, 0.5) is 11.4 Å². The van der Waals surface area contributed by atoms with E-state index in [4.69, 9.17) is 37.4 Å². The normalized spacial score (nSPS) is 10.8. The van der Waals surface area contributed by atoms with E-state index >= 15 is 0 Å². The molecule has 0 unspecified atom stereocenters. The molecule has 0 saturated carbocycles. The van der Waals surface area contributed by atoms with Crippen molar-refractivity contribution in [2.24, 2.45) is 0 Å². The summed E-state index contributed by atoms with van der Waals surface area (Å²) in [5, 5.41) is 24.2. The first-order valence-electron chi connectivity index (χ1n) is 10.3. The second-order valence-electron chi connectivity index (χ2n) is 7.18. The van der Waals surface area contributed by atoms with Crippen LogP contribution in [0.1, 0.15) is 11.1 Å². The third kappa shape index (κ3) is 6.24. The van der Waals surface area contributed by atoms with E-state index in [9.17, 15) is 20.2 Å². The largest absolute Gasteiger partial charge is 0.496 e. The molecule has 3 aromatic carbocycles. The number of nitrogens with zero attached hydrogens (tertiary/aromatic N) is 2. The van der Waals surface area contributed by atoms with Crippen molar-refractivity contribution in [2.45, 2.75) is 6.61 Å². The van der Waals surface area contributed by atoms with Crippen molar-refractivity contribution in [1.82, 2.24) is 0 Å². The molecule has 3 rings (SSSR count). The number of nitriles is 1. The minimum Gasteiger partial charge on any atom is -0.496 e. The number of methoxy groups -OCH3 is 2.